The van der Waals surface area contributed by atoms with Gasteiger partial charge in [0.05, 0.1) is 12.6 Å². The van der Waals surface area contributed by atoms with Gasteiger partial charge in [-0.1, -0.05) is 12.1 Å². The van der Waals surface area contributed by atoms with E-state index in [9.17, 15) is 4.79 Å². The van der Waals surface area contributed by atoms with Crippen molar-refractivity contribution in [3.05, 3.63) is 48.2 Å². The lowest BCUT2D eigenvalue weighted by atomic mass is 10.1. The van der Waals surface area contributed by atoms with Crippen molar-refractivity contribution < 1.29 is 14.3 Å². The second-order valence-electron chi connectivity index (χ2n) is 6.85. The van der Waals surface area contributed by atoms with Crippen LogP contribution in [0.1, 0.15) is 18.5 Å². The molecule has 1 amide bonds. The third-order valence-corrected chi connectivity index (χ3v) is 4.99. The molecule has 1 N–H and O–H groups in total. The van der Waals surface area contributed by atoms with E-state index in [4.69, 9.17) is 9.47 Å². The van der Waals surface area contributed by atoms with Crippen molar-refractivity contribution >= 4 is 11.7 Å². The molecular weight excluding hydrogens is 344 g/mol. The van der Waals surface area contributed by atoms with Crippen molar-refractivity contribution in [3.8, 4) is 11.5 Å². The van der Waals surface area contributed by atoms with Crippen molar-refractivity contribution in [1.82, 2.24) is 15.2 Å². The maximum atomic E-state index is 12.4. The predicted molar refractivity (Wildman–Crippen MR) is 102 cm³/mol. The molecule has 142 valence electrons. The minimum absolute atomic E-state index is 0.0338. The molecule has 0 saturated carbocycles. The van der Waals surface area contributed by atoms with Crippen molar-refractivity contribution in [3.63, 3.8) is 0 Å². The summed E-state index contributed by atoms with van der Waals surface area (Å²) in [5.41, 5.74) is 1.01. The highest BCUT2D eigenvalue weighted by Gasteiger charge is 2.21. The zero-order valence-corrected chi connectivity index (χ0v) is 15.4. The molecule has 2 aliphatic rings. The van der Waals surface area contributed by atoms with E-state index in [-0.39, 0.29) is 18.7 Å². The molecule has 3 heterocycles. The smallest absolute Gasteiger partial charge is 0.234 e. The number of amides is 1. The molecule has 0 spiro atoms. The summed E-state index contributed by atoms with van der Waals surface area (Å²) in [4.78, 5) is 21.3. The monoisotopic (exact) mass is 368 g/mol. The Hall–Kier alpha value is -2.80. The van der Waals surface area contributed by atoms with Gasteiger partial charge in [0.15, 0.2) is 11.5 Å². The Balaban J connectivity index is 1.26. The highest BCUT2D eigenvalue weighted by Crippen LogP contribution is 2.34. The van der Waals surface area contributed by atoms with E-state index >= 15 is 0 Å². The number of anilines is 1. The van der Waals surface area contributed by atoms with Crippen molar-refractivity contribution in [2.75, 3.05) is 44.4 Å². The molecule has 1 aromatic heterocycles. The largest absolute Gasteiger partial charge is 0.454 e. The number of carbonyl (C=O) groups is 1. The maximum absolute atomic E-state index is 12.4. The summed E-state index contributed by atoms with van der Waals surface area (Å²) in [6.45, 7) is 6.10. The van der Waals surface area contributed by atoms with Gasteiger partial charge in [0.25, 0.3) is 0 Å². The van der Waals surface area contributed by atoms with Gasteiger partial charge in [0.1, 0.15) is 5.82 Å². The summed E-state index contributed by atoms with van der Waals surface area (Å²) < 4.78 is 10.7. The van der Waals surface area contributed by atoms with Crippen molar-refractivity contribution in [1.29, 1.82) is 0 Å². The van der Waals surface area contributed by atoms with Crippen LogP contribution in [-0.4, -0.2) is 55.3 Å². The lowest BCUT2D eigenvalue weighted by Crippen LogP contribution is -2.49. The second kappa shape index (κ2) is 7.84. The first kappa shape index (κ1) is 17.6. The SMILES string of the molecule is C[C@H](NC(=O)CN1CCN(c2ccccn2)CC1)c1ccc2c(c1)OCO2. The fourth-order valence-corrected chi connectivity index (χ4v) is 3.43. The van der Waals surface area contributed by atoms with Crippen LogP contribution in [-0.2, 0) is 4.79 Å². The number of nitrogens with zero attached hydrogens (tertiary/aromatic N) is 3. The Labute approximate surface area is 158 Å². The van der Waals surface area contributed by atoms with Crippen LogP contribution in [0, 0.1) is 0 Å². The van der Waals surface area contributed by atoms with E-state index in [1.54, 1.807) is 0 Å². The molecule has 7 heteroatoms. The highest BCUT2D eigenvalue weighted by molar-refractivity contribution is 5.78. The lowest BCUT2D eigenvalue weighted by Gasteiger charge is -2.35. The van der Waals surface area contributed by atoms with Crippen LogP contribution in [0.3, 0.4) is 0 Å². The third-order valence-electron chi connectivity index (χ3n) is 4.99. The summed E-state index contributed by atoms with van der Waals surface area (Å²) >= 11 is 0. The van der Waals surface area contributed by atoms with Gasteiger partial charge in [-0.25, -0.2) is 4.98 Å². The molecule has 1 saturated heterocycles. The van der Waals surface area contributed by atoms with Gasteiger partial charge in [0, 0.05) is 32.4 Å². The van der Waals surface area contributed by atoms with Crippen LogP contribution in [0.15, 0.2) is 42.6 Å². The molecule has 1 aromatic carbocycles. The first-order chi connectivity index (χ1) is 13.2. The van der Waals surface area contributed by atoms with Gasteiger partial charge in [-0.05, 0) is 36.8 Å². The van der Waals surface area contributed by atoms with Crippen molar-refractivity contribution in [2.24, 2.45) is 0 Å². The summed E-state index contributed by atoms with van der Waals surface area (Å²) in [5, 5.41) is 3.07. The number of piperazine rings is 1. The van der Waals surface area contributed by atoms with Gasteiger partial charge < -0.3 is 19.7 Å². The molecule has 2 aromatic rings. The average Bonchev–Trinajstić information content (AvgIpc) is 3.17. The minimum atomic E-state index is -0.0817. The van der Waals surface area contributed by atoms with E-state index in [1.807, 2.05) is 49.5 Å². The summed E-state index contributed by atoms with van der Waals surface area (Å²) in [7, 11) is 0. The number of rotatable bonds is 5. The third kappa shape index (κ3) is 4.14. The molecule has 0 unspecified atom stereocenters. The predicted octanol–water partition coefficient (Wildman–Crippen LogP) is 1.81. The fourth-order valence-electron chi connectivity index (χ4n) is 3.43. The first-order valence-electron chi connectivity index (χ1n) is 9.26. The Morgan fingerprint density at radius 1 is 1.15 bits per heavy atom. The van der Waals surface area contributed by atoms with Gasteiger partial charge in [-0.2, -0.15) is 0 Å². The van der Waals surface area contributed by atoms with Crippen LogP contribution in [0.25, 0.3) is 0 Å². The molecular formula is C20H24N4O3. The van der Waals surface area contributed by atoms with E-state index in [1.165, 1.54) is 0 Å². The first-order valence-corrected chi connectivity index (χ1v) is 9.26. The lowest BCUT2D eigenvalue weighted by molar-refractivity contribution is -0.123. The van der Waals surface area contributed by atoms with E-state index in [2.05, 4.69) is 20.1 Å². The van der Waals surface area contributed by atoms with E-state index in [0.717, 1.165) is 49.1 Å². The number of hydrogen-bond donors (Lipinski definition) is 1. The summed E-state index contributed by atoms with van der Waals surface area (Å²) in [5.74, 6) is 2.52. The van der Waals surface area contributed by atoms with Crippen LogP contribution in [0.4, 0.5) is 5.82 Å². The number of carbonyl (C=O) groups excluding carboxylic acids is 1. The van der Waals surface area contributed by atoms with Crippen molar-refractivity contribution in [2.45, 2.75) is 13.0 Å². The van der Waals surface area contributed by atoms with Crippen LogP contribution < -0.4 is 19.7 Å². The Kier molecular flexibility index (Phi) is 5.11. The van der Waals surface area contributed by atoms with Crippen LogP contribution in [0.2, 0.25) is 0 Å². The van der Waals surface area contributed by atoms with Gasteiger partial charge in [0.2, 0.25) is 12.7 Å². The zero-order valence-electron chi connectivity index (χ0n) is 15.4. The number of aromatic nitrogens is 1. The maximum Gasteiger partial charge on any atom is 0.234 e. The summed E-state index contributed by atoms with van der Waals surface area (Å²) in [6.07, 6.45) is 1.81. The Bertz CT molecular complexity index is 791. The Morgan fingerprint density at radius 2 is 1.96 bits per heavy atom. The zero-order chi connectivity index (χ0) is 18.6. The molecule has 0 radical (unpaired) electrons. The number of pyridine rings is 1. The molecule has 1 atom stereocenters. The average molecular weight is 368 g/mol. The quantitative estimate of drug-likeness (QED) is 0.868. The molecule has 0 aliphatic carbocycles. The number of hydrogen-bond acceptors (Lipinski definition) is 6. The Morgan fingerprint density at radius 3 is 2.74 bits per heavy atom. The van der Waals surface area contributed by atoms with E-state index < -0.39 is 0 Å². The standard InChI is InChI=1S/C20H24N4O3/c1-15(16-5-6-17-18(12-16)27-14-26-17)22-20(25)13-23-8-10-24(11-9-23)19-4-2-3-7-21-19/h2-7,12,15H,8-11,13-14H2,1H3,(H,22,25)/t15-/m0/s1. The normalized spacial score (nSPS) is 17.6. The molecule has 0 bridgehead atoms. The van der Waals surface area contributed by atoms with Gasteiger partial charge in [-0.3, -0.25) is 9.69 Å². The molecule has 1 fully saturated rings. The van der Waals surface area contributed by atoms with Gasteiger partial charge in [-0.15, -0.1) is 0 Å². The topological polar surface area (TPSA) is 66.9 Å². The van der Waals surface area contributed by atoms with E-state index in [0.29, 0.717) is 6.54 Å². The van der Waals surface area contributed by atoms with Crippen LogP contribution >= 0.6 is 0 Å². The number of benzene rings is 1. The summed E-state index contributed by atoms with van der Waals surface area (Å²) in [6, 6.07) is 11.6. The minimum Gasteiger partial charge on any atom is -0.454 e. The molecule has 7 nitrogen and oxygen atoms in total. The molecule has 4 rings (SSSR count). The molecule has 27 heavy (non-hydrogen) atoms. The molecule has 2 aliphatic heterocycles. The van der Waals surface area contributed by atoms with Crippen LogP contribution in [0.5, 0.6) is 11.5 Å². The number of ether oxygens (including phenoxy) is 2. The number of nitrogens with one attached hydrogen (secondary N) is 1. The fraction of sp³-hybridized carbons (Fsp3) is 0.400. The number of fused-ring (bicyclic) bond motifs is 1. The highest BCUT2D eigenvalue weighted by atomic mass is 16.7. The second-order valence-corrected chi connectivity index (χ2v) is 6.85. The van der Waals surface area contributed by atoms with Gasteiger partial charge >= 0.3 is 0 Å².